The average molecular weight is 2060 g/mol. The van der Waals surface area contributed by atoms with Crippen LogP contribution in [0.1, 0.15) is 224 Å². The van der Waals surface area contributed by atoms with Crippen LogP contribution in [0.5, 0.6) is 0 Å². The maximum atomic E-state index is 15.5. The number of benzene rings is 5. The minimum atomic E-state index is -1.28. The number of aromatic carboxylic acids is 5. The first kappa shape index (κ1) is 110. The van der Waals surface area contributed by atoms with Crippen LogP contribution in [-0.2, 0) is 105 Å². The molecule has 10 N–H and O–H groups in total. The molecule has 4 aliphatic rings. The third-order valence-corrected chi connectivity index (χ3v) is 30.2. The first-order valence-corrected chi connectivity index (χ1v) is 51.5. The molecule has 19 rings (SSSR count). The number of aromatic amines is 5. The Labute approximate surface area is 864 Å². The zero-order valence-electron chi connectivity index (χ0n) is 88.0. The summed E-state index contributed by atoms with van der Waals surface area (Å²) in [7, 11) is 9.61. The number of nitrogens with one attached hydrogen (secondary N) is 5. The van der Waals surface area contributed by atoms with Crippen LogP contribution in [0.3, 0.4) is 0 Å². The minimum Gasteiger partial charge on any atom is -0.477 e. The summed E-state index contributed by atoms with van der Waals surface area (Å²) in [6.07, 6.45) is 11.3. The summed E-state index contributed by atoms with van der Waals surface area (Å²) in [4.78, 5) is 143. The second-order valence-electron chi connectivity index (χ2n) is 39.5. The lowest BCUT2D eigenvalue weighted by Crippen LogP contribution is -2.36. The maximum absolute atomic E-state index is 15.5. The van der Waals surface area contributed by atoms with E-state index in [2.05, 4.69) is 100 Å². The maximum Gasteiger partial charge on any atom is 0.341 e. The number of aryl methyl sites for hydroxylation is 11. The van der Waals surface area contributed by atoms with Crippen molar-refractivity contribution in [3.8, 4) is 56.3 Å². The molecule has 0 bridgehead atoms. The van der Waals surface area contributed by atoms with Crippen molar-refractivity contribution in [3.63, 3.8) is 0 Å². The number of H-pyrrole nitrogens is 5. The van der Waals surface area contributed by atoms with Gasteiger partial charge in [0.1, 0.15) is 33.6 Å². The van der Waals surface area contributed by atoms with E-state index in [9.17, 15) is 73.5 Å². The summed E-state index contributed by atoms with van der Waals surface area (Å²) in [5, 5.41) is 50.4. The number of carboxylic acid groups (broad SMARTS) is 5. The van der Waals surface area contributed by atoms with E-state index in [1.165, 1.54) is 92.6 Å². The molecule has 0 radical (unpaired) electrons. The largest absolute Gasteiger partial charge is 0.477 e. The SMILES string of the molecule is CCc1cc(C(=O)O)c(=O)[nH]c1-c1cc(C)c2c(c1)cc(CN1CCCC1)n2C.CCc1cc(C(=O)O)c(=O)[nH]c1-c1cc(F)c2c(c1)cc(CN1CCCC1)n2C.CCc1cc(C(=O)O)c(=O)[nH]c1-c1cc2cc(CN(CC)CC)n(C)c2c(F)c1C.CCc1cc(C(=O)O)c(=O)[nH]c1-c1cc2cc(CN3CCCCC3)n(C)c2c(F)c1C.CCc1cc(C(=O)O)c(=O)[nH]c1-c1cc2cc(CN3CCOCC3)n(C)c2c(F)c1C. The smallest absolute Gasteiger partial charge is 0.341 e. The van der Waals surface area contributed by atoms with Gasteiger partial charge >= 0.3 is 29.8 Å². The van der Waals surface area contributed by atoms with E-state index in [0.29, 0.717) is 164 Å². The van der Waals surface area contributed by atoms with E-state index in [1.54, 1.807) is 20.8 Å². The Bertz CT molecular complexity index is 7720. The van der Waals surface area contributed by atoms with Crippen LogP contribution in [0.2, 0.25) is 0 Å². The van der Waals surface area contributed by atoms with Gasteiger partial charge in [-0.15, -0.1) is 0 Å². The Balaban J connectivity index is 0.000000140. The zero-order chi connectivity index (χ0) is 108. The number of carboxylic acids is 5. The molecule has 792 valence electrons. The summed E-state index contributed by atoms with van der Waals surface area (Å²) in [6, 6.07) is 30.3. The zero-order valence-corrected chi connectivity index (χ0v) is 88.0. The number of likely N-dealkylation sites (tertiary alicyclic amines) is 3. The average Bonchev–Trinajstić information content (AvgIpc) is 1.62. The van der Waals surface area contributed by atoms with Gasteiger partial charge in [-0.05, 0) is 309 Å². The standard InChI is InChI=1S/C24H28FN3O3.C23H26FN3O4.C23H28FN3O3.C23H27N3O3.C22H24FN3O3/c1-4-15-11-19(24(30)31)23(29)26-21(15)18-12-16-10-17(13-28-8-6-5-7-9-28)27(3)22(16)20(25)14(18)2;1-4-14-10-18(23(29)30)22(28)25-20(14)17-11-15-9-16(12-27-5-7-31-8-6-27)26(3)21(15)19(24)13(17)2;1-6-14-10-18(23(29)30)22(28)25-20(14)17-11-15-9-16(12-27(7-2)8-3)26(5)21(15)19(24)13(17)4;1-4-15-12-19(23(28)29)22(27)24-20(15)16-9-14(2)21-17(10-16)11-18(25(21)3)13-26-7-5-6-8-26;1-3-13-10-17(22(28)29)21(27)24-19(13)14-8-15-9-16(12-26-6-4-5-7-26)25(2)20(15)18(23)11-14/h10-12H,4-9,13H2,1-3H3,(H,26,29)(H,30,31);9-11H,4-8,12H2,1-3H3,(H,25,28)(H,29,30);9-11H,6-8,12H2,1-5H3,(H,25,28)(H,29,30);9-12H,4-8,13H2,1-3H3,(H,24,27)(H,28,29);8-11H,3-7,12H2,1-2H3,(H,24,27)(H,28,29). The van der Waals surface area contributed by atoms with Gasteiger partial charge in [0, 0.05) is 159 Å². The van der Waals surface area contributed by atoms with Gasteiger partial charge in [0.2, 0.25) is 0 Å². The monoisotopic (exact) mass is 2060 g/mol. The van der Waals surface area contributed by atoms with Crippen LogP contribution in [0.4, 0.5) is 17.6 Å². The first-order valence-electron chi connectivity index (χ1n) is 51.5. The normalized spacial score (nSPS) is 14.2. The fourth-order valence-corrected chi connectivity index (χ4v) is 21.6. The summed E-state index contributed by atoms with van der Waals surface area (Å²) in [5.74, 6) is -7.65. The molecule has 31 nitrogen and oxygen atoms in total. The number of nitrogens with zero attached hydrogens (tertiary/aromatic N) is 10. The predicted octanol–water partition coefficient (Wildman–Crippen LogP) is 18.6. The van der Waals surface area contributed by atoms with Gasteiger partial charge in [0.05, 0.1) is 69.3 Å². The van der Waals surface area contributed by atoms with Gasteiger partial charge in [0.15, 0.2) is 17.5 Å². The van der Waals surface area contributed by atoms with Crippen LogP contribution >= 0.6 is 0 Å². The Morgan fingerprint density at radius 1 is 0.313 bits per heavy atom. The van der Waals surface area contributed by atoms with Gasteiger partial charge in [-0.3, -0.25) is 48.5 Å². The van der Waals surface area contributed by atoms with Crippen LogP contribution in [0.25, 0.3) is 111 Å². The van der Waals surface area contributed by atoms with Crippen LogP contribution in [0.15, 0.2) is 127 Å². The molecule has 4 saturated heterocycles. The molecule has 0 spiro atoms. The van der Waals surface area contributed by atoms with Crippen molar-refractivity contribution in [2.75, 3.05) is 78.7 Å². The number of hydrogen-bond donors (Lipinski definition) is 10. The molecule has 150 heavy (non-hydrogen) atoms. The molecular formula is C115H133F4N15O16. The number of rotatable bonds is 27. The number of fused-ring (bicyclic) bond motifs is 5. The quantitative estimate of drug-likeness (QED) is 0.0214. The molecular weight excluding hydrogens is 1920 g/mol. The minimum absolute atomic E-state index is 0.212. The lowest BCUT2D eigenvalue weighted by Gasteiger charge is -2.26. The molecule has 35 heteroatoms. The molecule has 0 saturated carbocycles. The van der Waals surface area contributed by atoms with Gasteiger partial charge in [0.25, 0.3) is 27.8 Å². The Morgan fingerprint density at radius 2 is 0.567 bits per heavy atom. The fraction of sp³-hybridized carbons (Fsp3) is 0.391. The Morgan fingerprint density at radius 3 is 0.873 bits per heavy atom. The summed E-state index contributed by atoms with van der Waals surface area (Å²) < 4.78 is 76.8. The van der Waals surface area contributed by atoms with Gasteiger partial charge in [-0.25, -0.2) is 41.5 Å². The predicted molar refractivity (Wildman–Crippen MR) is 576 cm³/mol. The van der Waals surface area contributed by atoms with Gasteiger partial charge in [-0.1, -0.05) is 54.9 Å². The number of ether oxygens (including phenoxy) is 1. The number of carbonyl (C=O) groups is 5. The highest BCUT2D eigenvalue weighted by Gasteiger charge is 2.30. The number of morpholine rings is 1. The highest BCUT2D eigenvalue weighted by molar-refractivity contribution is 5.97. The topological polar surface area (TPSA) is 401 Å². The van der Waals surface area contributed by atoms with E-state index in [0.717, 1.165) is 158 Å². The number of halogens is 4. The van der Waals surface area contributed by atoms with E-state index < -0.39 is 57.6 Å². The molecule has 0 unspecified atom stereocenters. The van der Waals surface area contributed by atoms with Gasteiger partial charge < -0.3 is 78.0 Å². The molecule has 14 heterocycles. The van der Waals surface area contributed by atoms with E-state index in [-0.39, 0.29) is 51.1 Å². The second-order valence-corrected chi connectivity index (χ2v) is 39.5. The highest BCUT2D eigenvalue weighted by Crippen LogP contribution is 2.41. The van der Waals surface area contributed by atoms with E-state index in [1.807, 2.05) is 130 Å². The summed E-state index contributed by atoms with van der Waals surface area (Å²) >= 11 is 0. The third kappa shape index (κ3) is 22.6. The number of pyridine rings is 5. The molecule has 4 fully saturated rings. The third-order valence-electron chi connectivity index (χ3n) is 30.2. The van der Waals surface area contributed by atoms with Crippen molar-refractivity contribution < 1.29 is 71.8 Å². The number of piperidine rings is 1. The van der Waals surface area contributed by atoms with Crippen molar-refractivity contribution in [1.29, 1.82) is 0 Å². The van der Waals surface area contributed by atoms with Crippen molar-refractivity contribution in [1.82, 2.24) is 72.3 Å². The van der Waals surface area contributed by atoms with Crippen LogP contribution in [-0.4, -0.2) is 206 Å². The first-order chi connectivity index (χ1) is 71.6. The van der Waals surface area contributed by atoms with Gasteiger partial charge in [-0.2, -0.15) is 0 Å². The van der Waals surface area contributed by atoms with Crippen LogP contribution < -0.4 is 27.8 Å². The Kier molecular flexibility index (Phi) is 34.1. The molecule has 4 aliphatic heterocycles. The lowest BCUT2D eigenvalue weighted by molar-refractivity contribution is 0.0333. The molecule has 5 aromatic carbocycles. The highest BCUT2D eigenvalue weighted by atomic mass is 19.1. The van der Waals surface area contributed by atoms with E-state index in [4.69, 9.17) is 4.74 Å². The molecule has 0 atom stereocenters. The lowest BCUT2D eigenvalue weighted by atomic mass is 9.96. The van der Waals surface area contributed by atoms with Crippen molar-refractivity contribution >= 4 is 84.4 Å². The molecule has 10 aromatic heterocycles. The van der Waals surface area contributed by atoms with Crippen molar-refractivity contribution in [2.24, 2.45) is 35.2 Å². The number of hydrogen-bond acceptors (Lipinski definition) is 16. The second kappa shape index (κ2) is 46.6. The van der Waals surface area contributed by atoms with Crippen molar-refractivity contribution in [2.45, 2.75) is 186 Å². The van der Waals surface area contributed by atoms with Crippen LogP contribution in [0, 0.1) is 51.0 Å². The Hall–Kier alpha value is -14.6. The molecule has 0 amide bonds. The fourth-order valence-electron chi connectivity index (χ4n) is 21.6. The molecule has 0 aliphatic carbocycles. The summed E-state index contributed by atoms with van der Waals surface area (Å²) in [6.45, 7) is 36.2. The van der Waals surface area contributed by atoms with Crippen molar-refractivity contribution in [3.05, 3.63) is 285 Å². The molecule has 15 aromatic rings. The number of aromatic nitrogens is 10. The summed E-state index contributed by atoms with van der Waals surface area (Å²) in [5.41, 5.74) is 15.6. The van der Waals surface area contributed by atoms with E-state index >= 15 is 17.6 Å².